The molecule has 2 rings (SSSR count). The Morgan fingerprint density at radius 1 is 0.875 bits per heavy atom. The van der Waals surface area contributed by atoms with Gasteiger partial charge in [-0.05, 0) is 40.8 Å². The largest absolute Gasteiger partial charge is 0.493 e. The van der Waals surface area contributed by atoms with Crippen molar-refractivity contribution in [2.24, 2.45) is 5.73 Å². The van der Waals surface area contributed by atoms with Crippen molar-refractivity contribution in [3.05, 3.63) is 53.6 Å². The van der Waals surface area contributed by atoms with Crippen LogP contribution in [0.5, 0.6) is 17.2 Å². The lowest BCUT2D eigenvalue weighted by Gasteiger charge is -2.19. The molecule has 0 saturated heterocycles. The van der Waals surface area contributed by atoms with E-state index in [-0.39, 0.29) is 5.41 Å². The lowest BCUT2D eigenvalue weighted by molar-refractivity contribution is 0.211. The van der Waals surface area contributed by atoms with Gasteiger partial charge in [0.2, 0.25) is 0 Å². The number of benzene rings is 2. The van der Waals surface area contributed by atoms with Crippen molar-refractivity contribution < 1.29 is 14.2 Å². The van der Waals surface area contributed by atoms with Gasteiger partial charge in [0.25, 0.3) is 0 Å². The van der Waals surface area contributed by atoms with Crippen LogP contribution < -0.4 is 19.9 Å². The molecule has 130 valence electrons. The molecule has 0 aliphatic rings. The molecule has 0 radical (unpaired) electrons. The Kier molecular flexibility index (Phi) is 6.10. The van der Waals surface area contributed by atoms with E-state index < -0.39 is 0 Å². The lowest BCUT2D eigenvalue weighted by Crippen LogP contribution is -2.12. The van der Waals surface area contributed by atoms with Gasteiger partial charge in [0.1, 0.15) is 19.0 Å². The predicted octanol–water partition coefficient (Wildman–Crippen LogP) is 3.91. The van der Waals surface area contributed by atoms with Crippen molar-refractivity contribution in [1.82, 2.24) is 0 Å². The smallest absolute Gasteiger partial charge is 0.161 e. The molecule has 0 atom stereocenters. The molecule has 0 bridgehead atoms. The van der Waals surface area contributed by atoms with E-state index in [0.29, 0.717) is 31.3 Å². The van der Waals surface area contributed by atoms with Gasteiger partial charge in [-0.25, -0.2) is 0 Å². The summed E-state index contributed by atoms with van der Waals surface area (Å²) < 4.78 is 16.8. The van der Waals surface area contributed by atoms with E-state index in [0.717, 1.165) is 11.3 Å². The fourth-order valence-corrected chi connectivity index (χ4v) is 2.32. The number of hydrogen-bond donors (Lipinski definition) is 1. The van der Waals surface area contributed by atoms with Gasteiger partial charge in [-0.2, -0.15) is 0 Å². The summed E-state index contributed by atoms with van der Waals surface area (Å²) in [4.78, 5) is 0. The molecular weight excluding hydrogens is 302 g/mol. The van der Waals surface area contributed by atoms with Crippen molar-refractivity contribution >= 4 is 0 Å². The highest BCUT2D eigenvalue weighted by atomic mass is 16.5. The monoisotopic (exact) mass is 329 g/mol. The molecule has 24 heavy (non-hydrogen) atoms. The van der Waals surface area contributed by atoms with Crippen molar-refractivity contribution in [3.8, 4) is 17.2 Å². The van der Waals surface area contributed by atoms with E-state index in [4.69, 9.17) is 19.9 Å². The van der Waals surface area contributed by atoms with Gasteiger partial charge in [0.15, 0.2) is 11.5 Å². The molecule has 4 nitrogen and oxygen atoms in total. The maximum Gasteiger partial charge on any atom is 0.161 e. The highest BCUT2D eigenvalue weighted by Crippen LogP contribution is 2.28. The normalized spacial score (nSPS) is 11.2. The average molecular weight is 329 g/mol. The molecule has 0 spiro atoms. The Bertz CT molecular complexity index is 645. The van der Waals surface area contributed by atoms with E-state index in [9.17, 15) is 0 Å². The molecule has 2 aromatic rings. The van der Waals surface area contributed by atoms with E-state index in [2.05, 4.69) is 32.9 Å². The van der Waals surface area contributed by atoms with Crippen LogP contribution in [0, 0.1) is 0 Å². The molecule has 0 aliphatic carbocycles. The molecule has 0 unspecified atom stereocenters. The summed E-state index contributed by atoms with van der Waals surface area (Å²) in [5.74, 6) is 2.23. The van der Waals surface area contributed by atoms with Gasteiger partial charge < -0.3 is 19.9 Å². The quantitative estimate of drug-likeness (QED) is 0.783. The van der Waals surface area contributed by atoms with E-state index in [1.54, 1.807) is 7.11 Å². The standard InChI is InChI=1S/C20H27NO3/c1-20(2,3)16-6-8-17(9-7-16)23-11-12-24-18-10-5-15(14-21)13-19(18)22-4/h5-10,13H,11-12,14,21H2,1-4H3. The van der Waals surface area contributed by atoms with Crippen LogP contribution >= 0.6 is 0 Å². The fraction of sp³-hybridized carbons (Fsp3) is 0.400. The first-order chi connectivity index (χ1) is 11.4. The minimum Gasteiger partial charge on any atom is -0.493 e. The highest BCUT2D eigenvalue weighted by molar-refractivity contribution is 5.42. The maximum absolute atomic E-state index is 5.74. The van der Waals surface area contributed by atoms with Crippen molar-refractivity contribution in [2.45, 2.75) is 32.7 Å². The number of ether oxygens (including phenoxy) is 3. The van der Waals surface area contributed by atoms with Crippen LogP contribution in [0.3, 0.4) is 0 Å². The van der Waals surface area contributed by atoms with Gasteiger partial charge in [0.05, 0.1) is 7.11 Å². The summed E-state index contributed by atoms with van der Waals surface area (Å²) in [6.45, 7) is 7.97. The summed E-state index contributed by atoms with van der Waals surface area (Å²) in [5, 5.41) is 0. The molecule has 0 aromatic heterocycles. The number of nitrogens with two attached hydrogens (primary N) is 1. The minimum absolute atomic E-state index is 0.147. The van der Waals surface area contributed by atoms with Crippen LogP contribution in [-0.4, -0.2) is 20.3 Å². The van der Waals surface area contributed by atoms with Crippen LogP contribution in [0.25, 0.3) is 0 Å². The summed E-state index contributed by atoms with van der Waals surface area (Å²) in [6.07, 6.45) is 0. The lowest BCUT2D eigenvalue weighted by atomic mass is 9.87. The fourth-order valence-electron chi connectivity index (χ4n) is 2.32. The highest BCUT2D eigenvalue weighted by Gasteiger charge is 2.13. The molecule has 2 aromatic carbocycles. The first-order valence-electron chi connectivity index (χ1n) is 8.17. The van der Waals surface area contributed by atoms with E-state index in [1.165, 1.54) is 5.56 Å². The first-order valence-corrected chi connectivity index (χ1v) is 8.17. The molecular formula is C20H27NO3. The number of hydrogen-bond acceptors (Lipinski definition) is 4. The first kappa shape index (κ1) is 18.1. The third-order valence-electron chi connectivity index (χ3n) is 3.79. The average Bonchev–Trinajstić information content (AvgIpc) is 2.58. The van der Waals surface area contributed by atoms with Gasteiger partial charge in [0, 0.05) is 6.54 Å². The molecule has 4 heteroatoms. The summed E-state index contributed by atoms with van der Waals surface area (Å²) in [6, 6.07) is 13.9. The molecule has 0 aliphatic heterocycles. The van der Waals surface area contributed by atoms with Crippen LogP contribution in [0.2, 0.25) is 0 Å². The Balaban J connectivity index is 1.85. The summed E-state index contributed by atoms with van der Waals surface area (Å²) >= 11 is 0. The Morgan fingerprint density at radius 2 is 1.54 bits per heavy atom. The third kappa shape index (κ3) is 4.90. The van der Waals surface area contributed by atoms with E-state index in [1.807, 2.05) is 30.3 Å². The van der Waals surface area contributed by atoms with Crippen LogP contribution in [0.15, 0.2) is 42.5 Å². The molecule has 0 amide bonds. The van der Waals surface area contributed by atoms with Crippen LogP contribution in [0.1, 0.15) is 31.9 Å². The summed E-state index contributed by atoms with van der Waals surface area (Å²) in [7, 11) is 1.62. The minimum atomic E-state index is 0.147. The van der Waals surface area contributed by atoms with Crippen LogP contribution in [-0.2, 0) is 12.0 Å². The zero-order valence-corrected chi connectivity index (χ0v) is 15.0. The topological polar surface area (TPSA) is 53.7 Å². The SMILES string of the molecule is COc1cc(CN)ccc1OCCOc1ccc(C(C)(C)C)cc1. The van der Waals surface area contributed by atoms with Gasteiger partial charge >= 0.3 is 0 Å². The van der Waals surface area contributed by atoms with Crippen molar-refractivity contribution in [2.75, 3.05) is 20.3 Å². The maximum atomic E-state index is 5.74. The molecule has 0 fully saturated rings. The number of methoxy groups -OCH3 is 1. The Labute approximate surface area is 144 Å². The third-order valence-corrected chi connectivity index (χ3v) is 3.79. The van der Waals surface area contributed by atoms with Gasteiger partial charge in [-0.3, -0.25) is 0 Å². The second-order valence-corrected chi connectivity index (χ2v) is 6.66. The number of rotatable bonds is 7. The zero-order valence-electron chi connectivity index (χ0n) is 15.0. The Hall–Kier alpha value is -2.20. The van der Waals surface area contributed by atoms with Crippen molar-refractivity contribution in [3.63, 3.8) is 0 Å². The second-order valence-electron chi connectivity index (χ2n) is 6.66. The molecule has 0 heterocycles. The molecule has 0 saturated carbocycles. The predicted molar refractivity (Wildman–Crippen MR) is 97.0 cm³/mol. The van der Waals surface area contributed by atoms with Gasteiger partial charge in [-0.15, -0.1) is 0 Å². The zero-order chi connectivity index (χ0) is 17.6. The van der Waals surface area contributed by atoms with Crippen molar-refractivity contribution in [1.29, 1.82) is 0 Å². The van der Waals surface area contributed by atoms with Crippen LogP contribution in [0.4, 0.5) is 0 Å². The van der Waals surface area contributed by atoms with Gasteiger partial charge in [-0.1, -0.05) is 39.0 Å². The second kappa shape index (κ2) is 8.06. The summed E-state index contributed by atoms with van der Waals surface area (Å²) in [5.41, 5.74) is 8.07. The molecule has 2 N–H and O–H groups in total. The Morgan fingerprint density at radius 3 is 2.12 bits per heavy atom. The van der Waals surface area contributed by atoms with E-state index >= 15 is 0 Å².